The third-order valence-electron chi connectivity index (χ3n) is 4.00. The SMILES string of the molecule is Cc1ccccc1-n1c2ncccc2c2ccc[n+](C)c21. The Morgan fingerprint density at radius 2 is 1.76 bits per heavy atom. The highest BCUT2D eigenvalue weighted by atomic mass is 15.1. The van der Waals surface area contributed by atoms with E-state index in [1.54, 1.807) is 0 Å². The summed E-state index contributed by atoms with van der Waals surface area (Å²) >= 11 is 0. The van der Waals surface area contributed by atoms with Crippen molar-refractivity contribution in [2.45, 2.75) is 6.92 Å². The molecule has 0 aliphatic carbocycles. The predicted molar refractivity (Wildman–Crippen MR) is 84.5 cm³/mol. The highest BCUT2D eigenvalue weighted by Gasteiger charge is 2.22. The summed E-state index contributed by atoms with van der Waals surface area (Å²) in [4.78, 5) is 4.63. The molecule has 4 aromatic rings. The van der Waals surface area contributed by atoms with Crippen LogP contribution in [0.3, 0.4) is 0 Å². The Balaban J connectivity index is 2.28. The van der Waals surface area contributed by atoms with Gasteiger partial charge in [-0.15, -0.1) is 0 Å². The number of aromatic nitrogens is 3. The van der Waals surface area contributed by atoms with Crippen LogP contribution >= 0.6 is 0 Å². The summed E-state index contributed by atoms with van der Waals surface area (Å²) in [6.45, 7) is 2.14. The lowest BCUT2D eigenvalue weighted by Gasteiger charge is -2.04. The van der Waals surface area contributed by atoms with Crippen LogP contribution in [0, 0.1) is 6.92 Å². The molecule has 0 spiro atoms. The fraction of sp³-hybridized carbons (Fsp3) is 0.111. The zero-order valence-corrected chi connectivity index (χ0v) is 12.1. The molecule has 102 valence electrons. The van der Waals surface area contributed by atoms with Crippen LogP contribution < -0.4 is 4.57 Å². The van der Waals surface area contributed by atoms with E-state index in [0.717, 1.165) is 5.65 Å². The van der Waals surface area contributed by atoms with Gasteiger partial charge in [0.2, 0.25) is 5.65 Å². The third-order valence-corrected chi connectivity index (χ3v) is 4.00. The molecular formula is C18H16N3+. The number of pyridine rings is 2. The highest BCUT2D eigenvalue weighted by molar-refractivity contribution is 6.05. The van der Waals surface area contributed by atoms with Crippen molar-refractivity contribution in [2.24, 2.45) is 7.05 Å². The van der Waals surface area contributed by atoms with E-state index in [1.165, 1.54) is 27.7 Å². The largest absolute Gasteiger partial charge is 0.296 e. The van der Waals surface area contributed by atoms with E-state index >= 15 is 0 Å². The van der Waals surface area contributed by atoms with E-state index in [9.17, 15) is 0 Å². The minimum atomic E-state index is 1.00. The van der Waals surface area contributed by atoms with Crippen molar-refractivity contribution in [3.8, 4) is 5.69 Å². The first-order valence-corrected chi connectivity index (χ1v) is 7.07. The van der Waals surface area contributed by atoms with Crippen LogP contribution in [0.5, 0.6) is 0 Å². The first-order valence-electron chi connectivity index (χ1n) is 7.07. The molecule has 4 rings (SSSR count). The number of hydrogen-bond donors (Lipinski definition) is 0. The fourth-order valence-electron chi connectivity index (χ4n) is 3.02. The normalized spacial score (nSPS) is 11.3. The Kier molecular flexibility index (Phi) is 2.54. The summed E-state index contributed by atoms with van der Waals surface area (Å²) in [7, 11) is 2.08. The van der Waals surface area contributed by atoms with Crippen LogP contribution in [0.25, 0.3) is 27.8 Å². The topological polar surface area (TPSA) is 21.7 Å². The van der Waals surface area contributed by atoms with E-state index in [2.05, 4.69) is 76.8 Å². The number of fused-ring (bicyclic) bond motifs is 3. The van der Waals surface area contributed by atoms with Crippen molar-refractivity contribution >= 4 is 22.1 Å². The average Bonchev–Trinajstić information content (AvgIpc) is 2.84. The van der Waals surface area contributed by atoms with Gasteiger partial charge in [0.1, 0.15) is 5.69 Å². The van der Waals surface area contributed by atoms with E-state index in [4.69, 9.17) is 0 Å². The van der Waals surface area contributed by atoms with Gasteiger partial charge in [0, 0.05) is 6.20 Å². The summed E-state index contributed by atoms with van der Waals surface area (Å²) in [5, 5.41) is 2.42. The molecular weight excluding hydrogens is 258 g/mol. The summed E-state index contributed by atoms with van der Waals surface area (Å²) in [6.07, 6.45) is 3.94. The van der Waals surface area contributed by atoms with Gasteiger partial charge < -0.3 is 0 Å². The number of nitrogens with zero attached hydrogens (tertiary/aromatic N) is 3. The molecule has 0 saturated heterocycles. The highest BCUT2D eigenvalue weighted by Crippen LogP contribution is 2.29. The first-order chi connectivity index (χ1) is 10.3. The van der Waals surface area contributed by atoms with Crippen LogP contribution in [-0.4, -0.2) is 9.55 Å². The minimum Gasteiger partial charge on any atom is -0.236 e. The molecule has 21 heavy (non-hydrogen) atoms. The zero-order valence-electron chi connectivity index (χ0n) is 12.1. The monoisotopic (exact) mass is 274 g/mol. The number of hydrogen-bond acceptors (Lipinski definition) is 1. The van der Waals surface area contributed by atoms with E-state index in [1.807, 2.05) is 12.3 Å². The Bertz CT molecular complexity index is 967. The van der Waals surface area contributed by atoms with Crippen molar-refractivity contribution < 1.29 is 4.57 Å². The average molecular weight is 274 g/mol. The van der Waals surface area contributed by atoms with Crippen LogP contribution in [0.15, 0.2) is 60.9 Å². The molecule has 1 aromatic carbocycles. The summed E-state index contributed by atoms with van der Waals surface area (Å²) < 4.78 is 4.41. The Morgan fingerprint density at radius 3 is 2.62 bits per heavy atom. The van der Waals surface area contributed by atoms with Gasteiger partial charge in [-0.1, -0.05) is 18.2 Å². The second kappa shape index (κ2) is 4.42. The molecule has 0 N–H and O–H groups in total. The standard InChI is InChI=1S/C18H16N3/c1-13-7-3-4-10-16(13)21-17-14(8-5-11-19-17)15-9-6-12-20(2)18(15)21/h3-12H,1-2H3/q+1. The molecule has 0 saturated carbocycles. The molecule has 0 bridgehead atoms. The van der Waals surface area contributed by atoms with Gasteiger partial charge in [0.15, 0.2) is 0 Å². The van der Waals surface area contributed by atoms with Crippen molar-refractivity contribution in [1.82, 2.24) is 9.55 Å². The van der Waals surface area contributed by atoms with Crippen LogP contribution in [0.1, 0.15) is 5.56 Å². The molecule has 0 amide bonds. The second-order valence-corrected chi connectivity index (χ2v) is 5.35. The van der Waals surface area contributed by atoms with E-state index < -0.39 is 0 Å². The summed E-state index contributed by atoms with van der Waals surface area (Å²) in [5.41, 5.74) is 4.59. The molecule has 3 heteroatoms. The zero-order chi connectivity index (χ0) is 14.4. The maximum absolute atomic E-state index is 4.63. The van der Waals surface area contributed by atoms with Gasteiger partial charge in [-0.3, -0.25) is 0 Å². The Hall–Kier alpha value is -2.68. The molecule has 0 aliphatic rings. The number of para-hydroxylation sites is 1. The second-order valence-electron chi connectivity index (χ2n) is 5.35. The van der Waals surface area contributed by atoms with Gasteiger partial charge in [-0.05, 0) is 42.8 Å². The molecule has 0 atom stereocenters. The molecule has 0 aliphatic heterocycles. The molecule has 3 nitrogen and oxygen atoms in total. The lowest BCUT2D eigenvalue weighted by molar-refractivity contribution is -0.647. The molecule has 3 aromatic heterocycles. The van der Waals surface area contributed by atoms with Crippen molar-refractivity contribution in [1.29, 1.82) is 0 Å². The maximum atomic E-state index is 4.63. The fourth-order valence-corrected chi connectivity index (χ4v) is 3.02. The van der Waals surface area contributed by atoms with Crippen molar-refractivity contribution in [3.05, 3.63) is 66.5 Å². The van der Waals surface area contributed by atoms with Gasteiger partial charge in [0.05, 0.1) is 24.0 Å². The van der Waals surface area contributed by atoms with Crippen molar-refractivity contribution in [3.63, 3.8) is 0 Å². The smallest absolute Gasteiger partial charge is 0.236 e. The van der Waals surface area contributed by atoms with E-state index in [0.29, 0.717) is 0 Å². The van der Waals surface area contributed by atoms with Crippen LogP contribution in [-0.2, 0) is 7.05 Å². The third kappa shape index (κ3) is 1.67. The van der Waals surface area contributed by atoms with Gasteiger partial charge >= 0.3 is 0 Å². The van der Waals surface area contributed by atoms with Gasteiger partial charge in [-0.2, -0.15) is 4.57 Å². The predicted octanol–water partition coefficient (Wildman–Crippen LogP) is 3.31. The lowest BCUT2D eigenvalue weighted by Crippen LogP contribution is -2.30. The molecule has 3 heterocycles. The van der Waals surface area contributed by atoms with Gasteiger partial charge in [0.25, 0.3) is 5.65 Å². The van der Waals surface area contributed by atoms with E-state index in [-0.39, 0.29) is 0 Å². The number of rotatable bonds is 1. The van der Waals surface area contributed by atoms with Crippen LogP contribution in [0.4, 0.5) is 0 Å². The summed E-state index contributed by atoms with van der Waals surface area (Å²) in [5.74, 6) is 0. The Labute approximate surface area is 123 Å². The first kappa shape index (κ1) is 12.1. The number of aryl methyl sites for hydroxylation is 2. The Morgan fingerprint density at radius 1 is 0.952 bits per heavy atom. The van der Waals surface area contributed by atoms with Crippen LogP contribution in [0.2, 0.25) is 0 Å². The molecule has 0 fully saturated rings. The minimum absolute atomic E-state index is 1.00. The maximum Gasteiger partial charge on any atom is 0.296 e. The van der Waals surface area contributed by atoms with Gasteiger partial charge in [-0.25, -0.2) is 9.55 Å². The summed E-state index contributed by atoms with van der Waals surface area (Å²) in [6, 6.07) is 16.8. The quantitative estimate of drug-likeness (QED) is 0.488. The number of benzene rings is 1. The molecule has 0 radical (unpaired) electrons. The van der Waals surface area contributed by atoms with Crippen molar-refractivity contribution in [2.75, 3.05) is 0 Å². The lowest BCUT2D eigenvalue weighted by atomic mass is 10.2. The molecule has 0 unspecified atom stereocenters.